The minimum absolute atomic E-state index is 0.0638. The van der Waals surface area contributed by atoms with Crippen molar-refractivity contribution < 1.29 is 95.0 Å². The number of alkyl carbamates (subject to hydrolysis) is 2. The van der Waals surface area contributed by atoms with Crippen molar-refractivity contribution in [1.82, 2.24) is 26.2 Å². The molecular weight excluding hydrogens is 1200 g/mol. The number of allylic oxidation sites excluding steroid dienone is 3. The Bertz CT molecular complexity index is 2900. The summed E-state index contributed by atoms with van der Waals surface area (Å²) in [5.74, 6) is -5.77. The Balaban J connectivity index is 0.00000227. The van der Waals surface area contributed by atoms with E-state index in [0.717, 1.165) is 11.1 Å². The van der Waals surface area contributed by atoms with E-state index in [1.165, 1.54) is 38.0 Å². The van der Waals surface area contributed by atoms with Gasteiger partial charge in [-0.05, 0) is 94.2 Å². The number of aliphatic hydroxyl groups is 1. The summed E-state index contributed by atoms with van der Waals surface area (Å²) in [5.41, 5.74) is 11.0. The molecule has 30 heteroatoms. The van der Waals surface area contributed by atoms with Crippen LogP contribution in [0.3, 0.4) is 0 Å². The number of alkyl halides is 3. The minimum atomic E-state index is -5.08. The first-order valence-corrected chi connectivity index (χ1v) is 29.1. The molecule has 0 saturated carbocycles. The minimum Gasteiger partial charge on any atom is -0.495 e. The van der Waals surface area contributed by atoms with E-state index < -0.39 is 114 Å². The number of amides is 8. The highest BCUT2D eigenvalue weighted by atomic mass is 35.5. The average Bonchev–Trinajstić information content (AvgIpc) is 1.75. The predicted octanol–water partition coefficient (Wildman–Crippen LogP) is 5.49. The highest BCUT2D eigenvalue weighted by Crippen LogP contribution is 2.49. The van der Waals surface area contributed by atoms with Crippen molar-refractivity contribution in [3.8, 4) is 5.75 Å². The van der Waals surface area contributed by atoms with Gasteiger partial charge in [0.2, 0.25) is 23.6 Å². The zero-order chi connectivity index (χ0) is 66.7. The van der Waals surface area contributed by atoms with Gasteiger partial charge in [-0.2, -0.15) is 13.2 Å². The topological polar surface area (TPSA) is 371 Å². The second-order valence-electron chi connectivity index (χ2n) is 22.5. The van der Waals surface area contributed by atoms with Crippen LogP contribution in [0.4, 0.5) is 38.9 Å². The van der Waals surface area contributed by atoms with Crippen molar-refractivity contribution in [3.05, 3.63) is 76.3 Å². The number of likely N-dealkylation sites (N-methyl/N-ethyl adjacent to an activating group) is 1. The summed E-state index contributed by atoms with van der Waals surface area (Å²) in [5, 5.41) is 32.3. The lowest BCUT2D eigenvalue weighted by Crippen LogP contribution is -2.63. The van der Waals surface area contributed by atoms with Crippen molar-refractivity contribution in [2.75, 3.05) is 51.6 Å². The number of epoxide rings is 1. The van der Waals surface area contributed by atoms with Crippen molar-refractivity contribution in [2.45, 2.75) is 166 Å². The second-order valence-corrected chi connectivity index (χ2v) is 22.8. The maximum atomic E-state index is 14.4. The van der Waals surface area contributed by atoms with Gasteiger partial charge in [-0.15, -0.1) is 0 Å². The maximum absolute atomic E-state index is 14.4. The van der Waals surface area contributed by atoms with Gasteiger partial charge in [0.05, 0.1) is 31.4 Å². The Morgan fingerprint density at radius 1 is 0.989 bits per heavy atom. The van der Waals surface area contributed by atoms with Gasteiger partial charge in [0.25, 0.3) is 0 Å². The SMILES string of the molecule is COc1cc2cc(c1Cl)N(C)C(=O)C[C@H](OC(=O)[C@H](C)N(C)C(=O)CCCCCNC(=O)OCc1ccc(NC(=O)[C@H](CCCNC(N)=O)NC(=O)[C@@H](N)C(C)C)cc1)[C@]1(C)O[C@H]1[C@H](C)[C@@H]1C[C@@](O)(NC(=O)O1)[C@H](OC)/C=C\C=C(\C)C2.O=C(O)C(F)(F)F. The smallest absolute Gasteiger partial charge is 0.490 e. The molecule has 0 aromatic heterocycles. The van der Waals surface area contributed by atoms with Crippen molar-refractivity contribution in [2.24, 2.45) is 23.3 Å². The molecule has 3 heterocycles. The van der Waals surface area contributed by atoms with Crippen LogP contribution < -0.4 is 47.7 Å². The average molecular weight is 1280 g/mol. The van der Waals surface area contributed by atoms with Crippen molar-refractivity contribution in [3.63, 3.8) is 0 Å². The van der Waals surface area contributed by atoms with E-state index in [1.807, 2.05) is 13.0 Å². The molecule has 0 unspecified atom stereocenters. The zero-order valence-electron chi connectivity index (χ0n) is 51.5. The number of benzene rings is 2. The molecule has 10 atom stereocenters. The Hall–Kier alpha value is -7.73. The van der Waals surface area contributed by atoms with Gasteiger partial charge in [-0.3, -0.25) is 24.5 Å². The van der Waals surface area contributed by atoms with Crippen LogP contribution in [-0.4, -0.2) is 170 Å². The number of halogens is 4. The van der Waals surface area contributed by atoms with Crippen molar-refractivity contribution in [1.29, 1.82) is 0 Å². The monoisotopic (exact) mass is 1280 g/mol. The number of carbonyl (C=O) groups is 9. The van der Waals surface area contributed by atoms with Gasteiger partial charge in [-0.25, -0.2) is 24.0 Å². The highest BCUT2D eigenvalue weighted by Gasteiger charge is 2.64. The molecule has 2 fully saturated rings. The Kier molecular flexibility index (Phi) is 27.5. The molecule has 11 N–H and O–H groups in total. The van der Waals surface area contributed by atoms with Gasteiger partial charge in [0.15, 0.2) is 5.72 Å². The largest absolute Gasteiger partial charge is 0.495 e. The number of anilines is 2. The van der Waals surface area contributed by atoms with Crippen LogP contribution in [0.15, 0.2) is 60.2 Å². The molecular formula is C59H83ClF3N9O17. The number of fused-ring (bicyclic) bond motifs is 5. The summed E-state index contributed by atoms with van der Waals surface area (Å²) in [6.45, 7) is 10.9. The number of nitrogens with two attached hydrogens (primary N) is 2. The molecule has 4 bridgehead atoms. The van der Waals surface area contributed by atoms with E-state index in [1.54, 1.807) is 83.3 Å². The van der Waals surface area contributed by atoms with E-state index in [2.05, 4.69) is 26.6 Å². The molecule has 2 aromatic rings. The third kappa shape index (κ3) is 21.8. The number of ether oxygens (including phenoxy) is 6. The van der Waals surface area contributed by atoms with Crippen LogP contribution in [0.2, 0.25) is 5.02 Å². The number of urea groups is 1. The fraction of sp³-hybridized carbons (Fsp3) is 0.576. The molecule has 0 radical (unpaired) electrons. The van der Waals surface area contributed by atoms with Gasteiger partial charge >= 0.3 is 36.3 Å². The van der Waals surface area contributed by atoms with Crippen LogP contribution in [0.1, 0.15) is 104 Å². The lowest BCUT2D eigenvalue weighted by molar-refractivity contribution is -0.192. The maximum Gasteiger partial charge on any atom is 0.490 e. The van der Waals surface area contributed by atoms with E-state index in [0.29, 0.717) is 54.8 Å². The number of hydrogen-bond donors (Lipinski definition) is 9. The van der Waals surface area contributed by atoms with Crippen LogP contribution in [-0.2, 0) is 65.5 Å². The Labute approximate surface area is 519 Å². The molecule has 494 valence electrons. The summed E-state index contributed by atoms with van der Waals surface area (Å²) >= 11 is 6.82. The molecule has 89 heavy (non-hydrogen) atoms. The number of hydrogen-bond acceptors (Lipinski definition) is 17. The molecule has 3 aliphatic rings. The van der Waals surface area contributed by atoms with Crippen LogP contribution in [0.25, 0.3) is 0 Å². The summed E-state index contributed by atoms with van der Waals surface area (Å²) < 4.78 is 66.5. The third-order valence-electron chi connectivity index (χ3n) is 15.3. The number of primary amides is 1. The van der Waals surface area contributed by atoms with Gasteiger partial charge in [-0.1, -0.05) is 74.7 Å². The molecule has 3 aliphatic heterocycles. The zero-order valence-corrected chi connectivity index (χ0v) is 52.2. The quantitative estimate of drug-likeness (QED) is 0.0304. The predicted molar refractivity (Wildman–Crippen MR) is 318 cm³/mol. The second kappa shape index (κ2) is 33.2. The van der Waals surface area contributed by atoms with E-state index >= 15 is 0 Å². The summed E-state index contributed by atoms with van der Waals surface area (Å²) in [6.07, 6.45) is -3.16. The Morgan fingerprint density at radius 2 is 1.64 bits per heavy atom. The van der Waals surface area contributed by atoms with Crippen molar-refractivity contribution >= 4 is 76.8 Å². The van der Waals surface area contributed by atoms with E-state index in [9.17, 15) is 56.6 Å². The first kappa shape index (κ1) is 73.7. The number of carboxylic acid groups (broad SMARTS) is 1. The third-order valence-corrected chi connectivity index (χ3v) is 15.7. The van der Waals surface area contributed by atoms with E-state index in [4.69, 9.17) is 61.4 Å². The number of esters is 1. The molecule has 0 spiro atoms. The number of carboxylic acids is 1. The van der Waals surface area contributed by atoms with Gasteiger partial charge in [0, 0.05) is 58.7 Å². The van der Waals surface area contributed by atoms with Crippen LogP contribution >= 0.6 is 11.6 Å². The summed E-state index contributed by atoms with van der Waals surface area (Å²) in [4.78, 5) is 116. The number of carbonyl (C=O) groups excluding carboxylic acids is 8. The Morgan fingerprint density at radius 3 is 2.25 bits per heavy atom. The first-order chi connectivity index (χ1) is 41.6. The van der Waals surface area contributed by atoms with Crippen LogP contribution in [0.5, 0.6) is 5.75 Å². The lowest BCUT2D eigenvalue weighted by Gasteiger charge is -2.42. The van der Waals surface area contributed by atoms with Gasteiger partial charge < -0.3 is 81.2 Å². The molecule has 2 aromatic carbocycles. The molecule has 0 aliphatic carbocycles. The summed E-state index contributed by atoms with van der Waals surface area (Å²) in [6, 6.07) is 6.56. The molecule has 8 amide bonds. The number of rotatable bonds is 22. The van der Waals surface area contributed by atoms with Crippen LogP contribution in [0, 0.1) is 11.8 Å². The number of aliphatic carboxylic acids is 1. The standard InChI is InChI=1S/C57H82ClN9O15.C2HF3O2/c1-32(2)48(59)51(71)64-39(17-15-25-61-53(60)73)50(70)63-38-22-20-36(21-23-38)31-79-54(74)62-24-13-11-12-19-45(68)66(7)35(5)52(72)81-44-29-46(69)67(8)40-27-37(28-41(77-9)47(40)58)26-33(3)16-14-18-43(78-10)57(76)30-42(80-55(75)65-57)34(4)49-56(44,6)82-49;3-2(4,5)1(6)7/h14,16,18,20-23,27-28,32,34-35,39,42-44,48-49,76H,11-13,15,17,19,24-26,29-31,59H2,1-10H3,(H,62,74)(H,63,70)(H,64,71)(H,65,75)(H3,60,61,73);(H,6,7)/b18-14-,33-16-;/t34-,35+,39+,42+,43-,44+,48+,49+,56+,57+;/m1./s1. The lowest BCUT2D eigenvalue weighted by atomic mass is 9.83. The number of nitrogens with one attached hydrogen (secondary N) is 5. The number of unbranched alkanes of at least 4 members (excludes halogenated alkanes) is 2. The fourth-order valence-corrected chi connectivity index (χ4v) is 9.95. The molecule has 26 nitrogen and oxygen atoms in total. The highest BCUT2D eigenvalue weighted by molar-refractivity contribution is 6.35. The summed E-state index contributed by atoms with van der Waals surface area (Å²) in [7, 11) is 5.91. The normalized spacial score (nSPS) is 23.7. The van der Waals surface area contributed by atoms with E-state index in [-0.39, 0.29) is 62.2 Å². The van der Waals surface area contributed by atoms with Gasteiger partial charge in [0.1, 0.15) is 53.4 Å². The number of nitrogens with zero attached hydrogens (tertiary/aromatic N) is 2. The fourth-order valence-electron chi connectivity index (χ4n) is 9.63. The number of methoxy groups -OCH3 is 2. The molecule has 2 saturated heterocycles. The first-order valence-electron chi connectivity index (χ1n) is 28.7. The molecule has 5 rings (SSSR count).